The number of nitrogens with one attached hydrogen (secondary N) is 1. The van der Waals surface area contributed by atoms with E-state index in [9.17, 15) is 10.1 Å². The molecule has 0 aliphatic carbocycles. The summed E-state index contributed by atoms with van der Waals surface area (Å²) in [5.41, 5.74) is 0.427. The smallest absolute Gasteiger partial charge is 0.317 e. The first kappa shape index (κ1) is 14.9. The van der Waals surface area contributed by atoms with Crippen molar-refractivity contribution in [3.63, 3.8) is 0 Å². The van der Waals surface area contributed by atoms with Crippen molar-refractivity contribution >= 4 is 23.0 Å². The number of nitrogens with zero attached hydrogens (tertiary/aromatic N) is 4. The van der Waals surface area contributed by atoms with Crippen LogP contribution in [0, 0.1) is 28.4 Å². The number of nitro groups is 1. The lowest BCUT2D eigenvalue weighted by atomic mass is 10.2. The van der Waals surface area contributed by atoms with E-state index in [-0.39, 0.29) is 11.4 Å². The molecule has 8 heteroatoms. The predicted octanol–water partition coefficient (Wildman–Crippen LogP) is 3.12. The van der Waals surface area contributed by atoms with Crippen molar-refractivity contribution in [1.29, 1.82) is 5.26 Å². The van der Waals surface area contributed by atoms with Crippen molar-refractivity contribution < 1.29 is 4.92 Å². The van der Waals surface area contributed by atoms with Crippen LogP contribution in [0.25, 0.3) is 10.6 Å². The maximum absolute atomic E-state index is 11.3. The lowest BCUT2D eigenvalue weighted by Gasteiger charge is -2.07. The molecule has 2 rings (SSSR count). The zero-order chi connectivity index (χ0) is 15.4. The third kappa shape index (κ3) is 3.14. The van der Waals surface area contributed by atoms with E-state index in [1.165, 1.54) is 11.3 Å². The fraction of sp³-hybridized carbons (Fsp3) is 0.308. The average Bonchev–Trinajstić information content (AvgIpc) is 2.92. The van der Waals surface area contributed by atoms with Gasteiger partial charge in [0.15, 0.2) is 5.69 Å². The van der Waals surface area contributed by atoms with Gasteiger partial charge in [0.05, 0.1) is 9.80 Å². The van der Waals surface area contributed by atoms with Gasteiger partial charge in [0.25, 0.3) is 0 Å². The lowest BCUT2D eigenvalue weighted by Crippen LogP contribution is -2.08. The van der Waals surface area contributed by atoms with E-state index in [1.54, 1.807) is 19.1 Å². The van der Waals surface area contributed by atoms with E-state index < -0.39 is 4.92 Å². The first-order chi connectivity index (χ1) is 10.1. The molecule has 0 atom stereocenters. The summed E-state index contributed by atoms with van der Waals surface area (Å²) in [5, 5.41) is 23.2. The summed E-state index contributed by atoms with van der Waals surface area (Å²) in [4.78, 5) is 20.2. The monoisotopic (exact) mass is 303 g/mol. The molecule has 0 aromatic carbocycles. The quantitative estimate of drug-likeness (QED) is 0.672. The Bertz CT molecular complexity index is 720. The first-order valence-electron chi connectivity index (χ1n) is 6.34. The fourth-order valence-corrected chi connectivity index (χ4v) is 2.59. The van der Waals surface area contributed by atoms with Crippen LogP contribution in [0.2, 0.25) is 0 Å². The number of rotatable bonds is 5. The van der Waals surface area contributed by atoms with E-state index in [4.69, 9.17) is 5.26 Å². The Kier molecular flexibility index (Phi) is 4.45. The largest absolute Gasteiger partial charge is 0.354 e. The molecule has 108 valence electrons. The van der Waals surface area contributed by atoms with Gasteiger partial charge in [-0.1, -0.05) is 6.92 Å². The molecule has 0 aliphatic heterocycles. The lowest BCUT2D eigenvalue weighted by molar-refractivity contribution is -0.385. The van der Waals surface area contributed by atoms with Gasteiger partial charge in [0.1, 0.15) is 16.6 Å². The van der Waals surface area contributed by atoms with Gasteiger partial charge < -0.3 is 5.32 Å². The van der Waals surface area contributed by atoms with Crippen LogP contribution >= 0.6 is 11.3 Å². The number of aromatic nitrogens is 2. The Morgan fingerprint density at radius 3 is 2.81 bits per heavy atom. The minimum absolute atomic E-state index is 0.122. The number of hydrogen-bond donors (Lipinski definition) is 1. The molecule has 2 aromatic rings. The molecule has 0 fully saturated rings. The van der Waals surface area contributed by atoms with Crippen molar-refractivity contribution in [1.82, 2.24) is 9.97 Å². The van der Waals surface area contributed by atoms with Crippen LogP contribution in [0.3, 0.4) is 0 Å². The molecule has 0 saturated heterocycles. The van der Waals surface area contributed by atoms with Crippen LogP contribution < -0.4 is 5.32 Å². The molecule has 0 bridgehead atoms. The van der Waals surface area contributed by atoms with Gasteiger partial charge in [-0.2, -0.15) is 5.26 Å². The molecule has 0 amide bonds. The van der Waals surface area contributed by atoms with Gasteiger partial charge in [-0.3, -0.25) is 10.1 Å². The molecule has 7 nitrogen and oxygen atoms in total. The summed E-state index contributed by atoms with van der Waals surface area (Å²) in [6, 6.07) is 5.31. The molecule has 1 N–H and O–H groups in total. The van der Waals surface area contributed by atoms with Crippen LogP contribution in [0.1, 0.15) is 23.9 Å². The number of thiophene rings is 1. The normalized spacial score (nSPS) is 10.1. The molecule has 2 aromatic heterocycles. The number of aryl methyl sites for hydroxylation is 1. The minimum atomic E-state index is -0.486. The molecule has 21 heavy (non-hydrogen) atoms. The highest BCUT2D eigenvalue weighted by Gasteiger charge is 2.24. The van der Waals surface area contributed by atoms with E-state index in [1.807, 2.05) is 13.0 Å². The first-order valence-corrected chi connectivity index (χ1v) is 7.15. The summed E-state index contributed by atoms with van der Waals surface area (Å²) >= 11 is 1.18. The second-order valence-corrected chi connectivity index (χ2v) is 5.37. The van der Waals surface area contributed by atoms with Crippen molar-refractivity contribution in [2.75, 3.05) is 11.9 Å². The Labute approximate surface area is 125 Å². The maximum atomic E-state index is 11.3. The Hall–Kier alpha value is -2.53. The van der Waals surface area contributed by atoms with Gasteiger partial charge in [0.2, 0.25) is 5.95 Å². The van der Waals surface area contributed by atoms with Crippen LogP contribution in [0.15, 0.2) is 12.1 Å². The van der Waals surface area contributed by atoms with Crippen molar-refractivity contribution in [2.24, 2.45) is 0 Å². The summed E-state index contributed by atoms with van der Waals surface area (Å²) in [6.07, 6.45) is 0.895. The van der Waals surface area contributed by atoms with Gasteiger partial charge in [-0.15, -0.1) is 11.3 Å². The highest BCUT2D eigenvalue weighted by Crippen LogP contribution is 2.35. The Morgan fingerprint density at radius 2 is 2.24 bits per heavy atom. The summed E-state index contributed by atoms with van der Waals surface area (Å²) < 4.78 is 0. The zero-order valence-electron chi connectivity index (χ0n) is 11.6. The van der Waals surface area contributed by atoms with Crippen molar-refractivity contribution in [3.05, 3.63) is 32.8 Å². The topological polar surface area (TPSA) is 105 Å². The summed E-state index contributed by atoms with van der Waals surface area (Å²) in [6.45, 7) is 4.27. The Balaban J connectivity index is 2.57. The molecule has 0 aliphatic rings. The van der Waals surface area contributed by atoms with Gasteiger partial charge >= 0.3 is 5.69 Å². The third-order valence-electron chi connectivity index (χ3n) is 2.72. The highest BCUT2D eigenvalue weighted by molar-refractivity contribution is 7.16. The van der Waals surface area contributed by atoms with Crippen LogP contribution in [-0.2, 0) is 0 Å². The van der Waals surface area contributed by atoms with Gasteiger partial charge in [-0.05, 0) is 25.5 Å². The van der Waals surface area contributed by atoms with Crippen LogP contribution in [0.4, 0.5) is 11.6 Å². The second-order valence-electron chi connectivity index (χ2n) is 4.29. The molecule has 0 radical (unpaired) electrons. The number of anilines is 1. The van der Waals surface area contributed by atoms with E-state index in [0.717, 1.165) is 6.42 Å². The standard InChI is InChI=1S/C13H13N5O2S/c1-3-6-15-13-16-8(2)12(18(19)20)11(17-13)10-5-4-9(7-14)21-10/h4-5H,3,6H2,1-2H3,(H,15,16,17). The third-order valence-corrected chi connectivity index (χ3v) is 3.72. The Morgan fingerprint density at radius 1 is 1.48 bits per heavy atom. The molecule has 0 saturated carbocycles. The van der Waals surface area contributed by atoms with Gasteiger partial charge in [0, 0.05) is 6.54 Å². The molecule has 0 unspecified atom stereocenters. The number of nitriles is 1. The van der Waals surface area contributed by atoms with Crippen molar-refractivity contribution in [2.45, 2.75) is 20.3 Å². The molecule has 0 spiro atoms. The highest BCUT2D eigenvalue weighted by atomic mass is 32.1. The summed E-state index contributed by atoms with van der Waals surface area (Å²) in [5.74, 6) is 0.363. The van der Waals surface area contributed by atoms with Crippen LogP contribution in [0.5, 0.6) is 0 Å². The number of hydrogen-bond acceptors (Lipinski definition) is 7. The summed E-state index contributed by atoms with van der Waals surface area (Å²) in [7, 11) is 0. The SMILES string of the molecule is CCCNc1nc(C)c([N+](=O)[O-])c(-c2ccc(C#N)s2)n1. The van der Waals surface area contributed by atoms with Gasteiger partial charge in [-0.25, -0.2) is 9.97 Å². The van der Waals surface area contributed by atoms with E-state index in [0.29, 0.717) is 27.9 Å². The van der Waals surface area contributed by atoms with Crippen LogP contribution in [-0.4, -0.2) is 21.4 Å². The second kappa shape index (κ2) is 6.28. The molecule has 2 heterocycles. The molecular weight excluding hydrogens is 290 g/mol. The fourth-order valence-electron chi connectivity index (χ4n) is 1.80. The minimum Gasteiger partial charge on any atom is -0.354 e. The predicted molar refractivity (Wildman–Crippen MR) is 80.2 cm³/mol. The van der Waals surface area contributed by atoms with E-state index >= 15 is 0 Å². The maximum Gasteiger partial charge on any atom is 0.317 e. The van der Waals surface area contributed by atoms with E-state index in [2.05, 4.69) is 15.3 Å². The molecular formula is C13H13N5O2S. The average molecular weight is 303 g/mol. The van der Waals surface area contributed by atoms with Crippen molar-refractivity contribution in [3.8, 4) is 16.6 Å². The zero-order valence-corrected chi connectivity index (χ0v) is 12.4.